The molecule has 3 aromatic heterocycles. The van der Waals surface area contributed by atoms with Crippen LogP contribution in [0.3, 0.4) is 0 Å². The van der Waals surface area contributed by atoms with Gasteiger partial charge in [0.2, 0.25) is 0 Å². The normalized spacial score (nSPS) is 11.6. The van der Waals surface area contributed by atoms with Gasteiger partial charge in [0.05, 0.1) is 22.4 Å². The molecule has 4 nitrogen and oxygen atoms in total. The molecule has 5 heteroatoms. The summed E-state index contributed by atoms with van der Waals surface area (Å²) in [5, 5.41) is 10.3. The largest absolute Gasteiger partial charge is 0.339 e. The van der Waals surface area contributed by atoms with E-state index in [9.17, 15) is 0 Å². The average molecular weight is 311 g/mol. The second kappa shape index (κ2) is 4.85. The molecule has 3 heterocycles. The summed E-state index contributed by atoms with van der Waals surface area (Å²) in [6.07, 6.45) is 3.68. The topological polar surface area (TPSA) is 46.5 Å². The molecule has 0 bridgehead atoms. The van der Waals surface area contributed by atoms with Crippen molar-refractivity contribution in [3.8, 4) is 11.3 Å². The second-order valence-electron chi connectivity index (χ2n) is 5.35. The van der Waals surface area contributed by atoms with Crippen molar-refractivity contribution in [3.05, 3.63) is 47.4 Å². The third kappa shape index (κ3) is 1.77. The van der Waals surface area contributed by atoms with E-state index in [4.69, 9.17) is 11.6 Å². The van der Waals surface area contributed by atoms with Gasteiger partial charge >= 0.3 is 0 Å². The highest BCUT2D eigenvalue weighted by molar-refractivity contribution is 6.32. The van der Waals surface area contributed by atoms with Gasteiger partial charge < -0.3 is 4.57 Å². The minimum absolute atomic E-state index is 0.718. The number of nitrogens with one attached hydrogen (secondary N) is 1. The van der Waals surface area contributed by atoms with Gasteiger partial charge in [-0.15, -0.1) is 0 Å². The van der Waals surface area contributed by atoms with Crippen molar-refractivity contribution in [2.24, 2.45) is 0 Å². The van der Waals surface area contributed by atoms with Crippen molar-refractivity contribution in [2.45, 2.75) is 20.4 Å². The summed E-state index contributed by atoms with van der Waals surface area (Å²) in [4.78, 5) is 4.45. The van der Waals surface area contributed by atoms with Crippen molar-refractivity contribution in [3.63, 3.8) is 0 Å². The molecule has 1 aromatic carbocycles. The number of hydrogen-bond acceptors (Lipinski definition) is 2. The van der Waals surface area contributed by atoms with E-state index in [-0.39, 0.29) is 0 Å². The first-order valence-electron chi connectivity index (χ1n) is 7.28. The van der Waals surface area contributed by atoms with Crippen LogP contribution in [0.1, 0.15) is 12.6 Å². The van der Waals surface area contributed by atoms with E-state index in [1.165, 1.54) is 10.9 Å². The Labute approximate surface area is 132 Å². The number of pyridine rings is 1. The first-order valence-corrected chi connectivity index (χ1v) is 7.65. The standard InChI is InChI=1S/C17H15ClN4/c1-3-22-16-10(2)19-6-4-12(16)13-8-11(18)9-14(17(13)22)15-5-7-20-21-15/h4-9H,3H2,1-2H3,(H,20,21). The molecule has 0 saturated carbocycles. The van der Waals surface area contributed by atoms with Crippen LogP contribution in [0, 0.1) is 6.92 Å². The number of aromatic nitrogens is 4. The van der Waals surface area contributed by atoms with Gasteiger partial charge in [0.1, 0.15) is 0 Å². The van der Waals surface area contributed by atoms with Crippen molar-refractivity contribution >= 4 is 33.4 Å². The molecule has 0 aliphatic rings. The highest BCUT2D eigenvalue weighted by atomic mass is 35.5. The monoisotopic (exact) mass is 310 g/mol. The van der Waals surface area contributed by atoms with E-state index >= 15 is 0 Å². The number of nitrogens with zero attached hydrogens (tertiary/aromatic N) is 3. The maximum atomic E-state index is 6.37. The SMILES string of the molecule is CCn1c2c(-c3cc[nH]n3)cc(Cl)cc2c2ccnc(C)c21. The summed E-state index contributed by atoms with van der Waals surface area (Å²) in [5.41, 5.74) is 5.29. The smallest absolute Gasteiger partial charge is 0.0942 e. The third-order valence-corrected chi connectivity index (χ3v) is 4.32. The van der Waals surface area contributed by atoms with E-state index in [0.29, 0.717) is 0 Å². The molecular formula is C17H15ClN4. The van der Waals surface area contributed by atoms with Gasteiger partial charge in [0.25, 0.3) is 0 Å². The minimum atomic E-state index is 0.718. The molecule has 0 saturated heterocycles. The van der Waals surface area contributed by atoms with Gasteiger partial charge in [-0.1, -0.05) is 11.6 Å². The lowest BCUT2D eigenvalue weighted by molar-refractivity contribution is 0.822. The Morgan fingerprint density at radius 3 is 2.77 bits per heavy atom. The van der Waals surface area contributed by atoms with Crippen LogP contribution >= 0.6 is 11.6 Å². The Bertz CT molecular complexity index is 983. The van der Waals surface area contributed by atoms with Crippen molar-refractivity contribution in [1.82, 2.24) is 19.7 Å². The summed E-state index contributed by atoms with van der Waals surface area (Å²) in [6.45, 7) is 5.06. The third-order valence-electron chi connectivity index (χ3n) is 4.10. The maximum Gasteiger partial charge on any atom is 0.0942 e. The summed E-state index contributed by atoms with van der Waals surface area (Å²) in [7, 11) is 0. The summed E-state index contributed by atoms with van der Waals surface area (Å²) in [5.74, 6) is 0. The van der Waals surface area contributed by atoms with Crippen LogP contribution < -0.4 is 0 Å². The lowest BCUT2D eigenvalue weighted by atomic mass is 10.1. The molecule has 0 atom stereocenters. The Morgan fingerprint density at radius 2 is 2.05 bits per heavy atom. The summed E-state index contributed by atoms with van der Waals surface area (Å²) in [6, 6.07) is 8.03. The van der Waals surface area contributed by atoms with Crippen LogP contribution in [0.15, 0.2) is 36.7 Å². The zero-order valence-electron chi connectivity index (χ0n) is 12.4. The minimum Gasteiger partial charge on any atom is -0.339 e. The van der Waals surface area contributed by atoms with Crippen LogP contribution in [0.2, 0.25) is 5.02 Å². The number of fused-ring (bicyclic) bond motifs is 3. The summed E-state index contributed by atoms with van der Waals surface area (Å²) < 4.78 is 2.30. The lowest BCUT2D eigenvalue weighted by Gasteiger charge is -2.08. The van der Waals surface area contributed by atoms with Gasteiger partial charge in [-0.2, -0.15) is 5.10 Å². The molecule has 0 unspecified atom stereocenters. The highest BCUT2D eigenvalue weighted by Crippen LogP contribution is 2.38. The zero-order chi connectivity index (χ0) is 15.3. The quantitative estimate of drug-likeness (QED) is 0.590. The van der Waals surface area contributed by atoms with Crippen molar-refractivity contribution in [2.75, 3.05) is 0 Å². The lowest BCUT2D eigenvalue weighted by Crippen LogP contribution is -1.97. The van der Waals surface area contributed by atoms with E-state index in [0.717, 1.165) is 39.4 Å². The molecule has 1 N–H and O–H groups in total. The fourth-order valence-corrected chi connectivity index (χ4v) is 3.46. The van der Waals surface area contributed by atoms with E-state index in [1.54, 1.807) is 0 Å². The first kappa shape index (κ1) is 13.3. The molecule has 0 amide bonds. The van der Waals surface area contributed by atoms with Crippen molar-refractivity contribution in [1.29, 1.82) is 0 Å². The molecule has 22 heavy (non-hydrogen) atoms. The van der Waals surface area contributed by atoms with Crippen LogP contribution in [-0.2, 0) is 6.54 Å². The van der Waals surface area contributed by atoms with Crippen LogP contribution in [0.5, 0.6) is 0 Å². The number of halogens is 1. The van der Waals surface area contributed by atoms with E-state index < -0.39 is 0 Å². The number of hydrogen-bond donors (Lipinski definition) is 1. The fourth-order valence-electron chi connectivity index (χ4n) is 3.25. The number of aryl methyl sites for hydroxylation is 2. The van der Waals surface area contributed by atoms with Crippen LogP contribution in [0.25, 0.3) is 33.1 Å². The molecular weight excluding hydrogens is 296 g/mol. The Morgan fingerprint density at radius 1 is 1.18 bits per heavy atom. The molecule has 0 spiro atoms. The molecule has 4 aromatic rings. The predicted octanol–water partition coefficient (Wildman–Crippen LogP) is 4.56. The molecule has 0 aliphatic heterocycles. The molecule has 0 radical (unpaired) electrons. The van der Waals surface area contributed by atoms with E-state index in [2.05, 4.69) is 32.7 Å². The Balaban J connectivity index is 2.27. The van der Waals surface area contributed by atoms with E-state index in [1.807, 2.05) is 37.5 Å². The average Bonchev–Trinajstić information content (AvgIpc) is 3.13. The van der Waals surface area contributed by atoms with Gasteiger partial charge in [-0.25, -0.2) is 0 Å². The second-order valence-corrected chi connectivity index (χ2v) is 5.78. The van der Waals surface area contributed by atoms with Crippen LogP contribution in [-0.4, -0.2) is 19.7 Å². The number of benzene rings is 1. The zero-order valence-corrected chi connectivity index (χ0v) is 13.1. The van der Waals surface area contributed by atoms with Gasteiger partial charge in [0, 0.05) is 40.3 Å². The van der Waals surface area contributed by atoms with Gasteiger partial charge in [-0.3, -0.25) is 10.1 Å². The first-order chi connectivity index (χ1) is 10.7. The van der Waals surface area contributed by atoms with Crippen molar-refractivity contribution < 1.29 is 0 Å². The molecule has 0 aliphatic carbocycles. The van der Waals surface area contributed by atoms with Gasteiger partial charge in [-0.05, 0) is 38.1 Å². The number of H-pyrrole nitrogens is 1. The van der Waals surface area contributed by atoms with Crippen LogP contribution in [0.4, 0.5) is 0 Å². The predicted molar refractivity (Wildman–Crippen MR) is 90.2 cm³/mol. The molecule has 110 valence electrons. The fraction of sp³-hybridized carbons (Fsp3) is 0.176. The van der Waals surface area contributed by atoms with Gasteiger partial charge in [0.15, 0.2) is 0 Å². The number of rotatable bonds is 2. The highest BCUT2D eigenvalue weighted by Gasteiger charge is 2.17. The summed E-state index contributed by atoms with van der Waals surface area (Å²) >= 11 is 6.37. The number of aromatic amines is 1. The Kier molecular flexibility index (Phi) is 2.94. The molecule has 4 rings (SSSR count). The Hall–Kier alpha value is -2.33. The maximum absolute atomic E-state index is 6.37. The molecule has 0 fully saturated rings.